The lowest BCUT2D eigenvalue weighted by molar-refractivity contribution is 0.0587. The van der Waals surface area contributed by atoms with E-state index in [1.54, 1.807) is 56.9 Å². The van der Waals surface area contributed by atoms with E-state index in [9.17, 15) is 18.8 Å². The Bertz CT molecular complexity index is 1200. The van der Waals surface area contributed by atoms with Crippen LogP contribution in [0.3, 0.4) is 0 Å². The van der Waals surface area contributed by atoms with Crippen molar-refractivity contribution in [3.8, 4) is 0 Å². The molecule has 172 valence electrons. The van der Waals surface area contributed by atoms with Crippen molar-refractivity contribution in [2.75, 3.05) is 7.11 Å². The number of carbonyl (C=O) groups is 3. The van der Waals surface area contributed by atoms with Crippen LogP contribution in [0.25, 0.3) is 0 Å². The summed E-state index contributed by atoms with van der Waals surface area (Å²) in [7, 11) is 2.96. The number of halogens is 1. The Morgan fingerprint density at radius 2 is 1.82 bits per heavy atom. The molecule has 0 aliphatic rings. The summed E-state index contributed by atoms with van der Waals surface area (Å²) < 4.78 is 20.3. The molecule has 0 aliphatic carbocycles. The average Bonchev–Trinajstić information content (AvgIpc) is 3.04. The number of methoxy groups -OCH3 is 1. The van der Waals surface area contributed by atoms with Gasteiger partial charge in [0.15, 0.2) is 5.78 Å². The monoisotopic (exact) mass is 451 g/mol. The molecule has 2 heterocycles. The Morgan fingerprint density at radius 3 is 2.42 bits per heavy atom. The second-order valence-corrected chi connectivity index (χ2v) is 7.82. The summed E-state index contributed by atoms with van der Waals surface area (Å²) in [5.74, 6) is -1.89. The summed E-state index contributed by atoms with van der Waals surface area (Å²) in [6.07, 6.45) is 3.20. The van der Waals surface area contributed by atoms with Crippen molar-refractivity contribution in [2.24, 2.45) is 7.05 Å². The third kappa shape index (κ3) is 4.69. The molecule has 8 heteroatoms. The third-order valence-corrected chi connectivity index (χ3v) is 5.84. The molecule has 1 unspecified atom stereocenters. The first-order valence-electron chi connectivity index (χ1n) is 10.4. The molecule has 33 heavy (non-hydrogen) atoms. The molecule has 7 nitrogen and oxygen atoms in total. The molecule has 3 rings (SSSR count). The van der Waals surface area contributed by atoms with Crippen molar-refractivity contribution < 1.29 is 23.5 Å². The van der Waals surface area contributed by atoms with Gasteiger partial charge in [0.1, 0.15) is 11.5 Å². The van der Waals surface area contributed by atoms with Crippen molar-refractivity contribution in [1.29, 1.82) is 0 Å². The van der Waals surface area contributed by atoms with Crippen molar-refractivity contribution in [3.05, 3.63) is 88.3 Å². The van der Waals surface area contributed by atoms with Gasteiger partial charge in [0.2, 0.25) is 0 Å². The van der Waals surface area contributed by atoms with Crippen LogP contribution >= 0.6 is 0 Å². The molecular formula is C25H26FN3O4. The molecule has 0 saturated carbocycles. The van der Waals surface area contributed by atoms with Crippen LogP contribution in [-0.4, -0.2) is 45.3 Å². The Morgan fingerprint density at radius 1 is 1.15 bits per heavy atom. The molecule has 0 spiro atoms. The number of hydrogen-bond donors (Lipinski definition) is 0. The summed E-state index contributed by atoms with van der Waals surface area (Å²) >= 11 is 0. The lowest BCUT2D eigenvalue weighted by Crippen LogP contribution is -2.43. The molecule has 1 amide bonds. The molecule has 0 fully saturated rings. The maximum Gasteiger partial charge on any atom is 0.354 e. The number of carbonyl (C=O) groups excluding carboxylic acids is 3. The van der Waals surface area contributed by atoms with Crippen LogP contribution in [0.5, 0.6) is 0 Å². The molecule has 3 aromatic rings. The first-order valence-corrected chi connectivity index (χ1v) is 10.4. The fourth-order valence-corrected chi connectivity index (χ4v) is 3.93. The predicted molar refractivity (Wildman–Crippen MR) is 121 cm³/mol. The zero-order valence-corrected chi connectivity index (χ0v) is 19.3. The number of esters is 1. The zero-order valence-electron chi connectivity index (χ0n) is 19.3. The van der Waals surface area contributed by atoms with E-state index >= 15 is 0 Å². The van der Waals surface area contributed by atoms with Crippen LogP contribution in [-0.2, 0) is 18.3 Å². The SMILES string of the molecule is COC(=O)c1c(C)c(C(=O)C(C)N(Cc2ccncc2)C(=O)c2cccc(F)c2)c(C)n1C. The molecule has 1 aromatic carbocycles. The van der Waals surface area contributed by atoms with Crippen LogP contribution in [0.2, 0.25) is 0 Å². The maximum absolute atomic E-state index is 13.8. The van der Waals surface area contributed by atoms with Crippen molar-refractivity contribution in [1.82, 2.24) is 14.5 Å². The van der Waals surface area contributed by atoms with E-state index in [1.165, 1.54) is 30.2 Å². The minimum atomic E-state index is -0.890. The quantitative estimate of drug-likeness (QED) is 0.402. The number of Topliss-reactive ketones (excluding diaryl/α,β-unsaturated/α-hetero) is 1. The number of ether oxygens (including phenoxy) is 1. The normalized spacial score (nSPS) is 11.7. The van der Waals surface area contributed by atoms with Gasteiger partial charge in [-0.05, 0) is 62.2 Å². The first-order chi connectivity index (χ1) is 15.7. The van der Waals surface area contributed by atoms with E-state index in [2.05, 4.69) is 4.98 Å². The highest BCUT2D eigenvalue weighted by Crippen LogP contribution is 2.26. The highest BCUT2D eigenvalue weighted by atomic mass is 19.1. The predicted octanol–water partition coefficient (Wildman–Crippen LogP) is 3.88. The summed E-state index contributed by atoms with van der Waals surface area (Å²) in [4.78, 5) is 44.7. The summed E-state index contributed by atoms with van der Waals surface area (Å²) in [5, 5.41) is 0. The van der Waals surface area contributed by atoms with E-state index in [0.29, 0.717) is 16.8 Å². The number of rotatable bonds is 7. The first kappa shape index (κ1) is 23.8. The fourth-order valence-electron chi connectivity index (χ4n) is 3.93. The zero-order chi connectivity index (χ0) is 24.3. The van der Waals surface area contributed by atoms with Gasteiger partial charge in [-0.15, -0.1) is 0 Å². The van der Waals surface area contributed by atoms with E-state index in [4.69, 9.17) is 4.74 Å². The van der Waals surface area contributed by atoms with Gasteiger partial charge in [-0.25, -0.2) is 9.18 Å². The van der Waals surface area contributed by atoms with Gasteiger partial charge in [0, 0.05) is 42.8 Å². The van der Waals surface area contributed by atoms with E-state index in [0.717, 1.165) is 11.6 Å². The lowest BCUT2D eigenvalue weighted by Gasteiger charge is -2.29. The van der Waals surface area contributed by atoms with Gasteiger partial charge in [-0.1, -0.05) is 6.07 Å². The van der Waals surface area contributed by atoms with Gasteiger partial charge < -0.3 is 14.2 Å². The number of pyridine rings is 1. The molecule has 0 aliphatic heterocycles. The maximum atomic E-state index is 13.8. The molecule has 1 atom stereocenters. The molecule has 0 saturated heterocycles. The van der Waals surface area contributed by atoms with Gasteiger partial charge in [0.05, 0.1) is 13.2 Å². The van der Waals surface area contributed by atoms with Crippen molar-refractivity contribution in [3.63, 3.8) is 0 Å². The molecule has 0 N–H and O–H groups in total. The number of aromatic nitrogens is 2. The minimum absolute atomic E-state index is 0.125. The highest BCUT2D eigenvalue weighted by Gasteiger charge is 2.33. The summed E-state index contributed by atoms with van der Waals surface area (Å²) in [5.41, 5.74) is 2.62. The number of hydrogen-bond acceptors (Lipinski definition) is 5. The highest BCUT2D eigenvalue weighted by molar-refractivity contribution is 6.07. The van der Waals surface area contributed by atoms with E-state index in [-0.39, 0.29) is 23.6 Å². The third-order valence-electron chi connectivity index (χ3n) is 5.84. The lowest BCUT2D eigenvalue weighted by atomic mass is 9.98. The van der Waals surface area contributed by atoms with Gasteiger partial charge >= 0.3 is 5.97 Å². The Balaban J connectivity index is 2.04. The molecular weight excluding hydrogens is 425 g/mol. The molecule has 2 aromatic heterocycles. The van der Waals surface area contributed by atoms with Crippen LogP contribution in [0.4, 0.5) is 4.39 Å². The minimum Gasteiger partial charge on any atom is -0.464 e. The van der Waals surface area contributed by atoms with Crippen molar-refractivity contribution in [2.45, 2.75) is 33.4 Å². The van der Waals surface area contributed by atoms with Gasteiger partial charge in [-0.3, -0.25) is 14.6 Å². The van der Waals surface area contributed by atoms with Gasteiger partial charge in [-0.2, -0.15) is 0 Å². The van der Waals surface area contributed by atoms with Gasteiger partial charge in [0.25, 0.3) is 5.91 Å². The summed E-state index contributed by atoms with van der Waals surface area (Å²) in [6.45, 7) is 5.17. The number of benzene rings is 1. The van der Waals surface area contributed by atoms with E-state index < -0.39 is 23.7 Å². The van der Waals surface area contributed by atoms with Crippen LogP contribution < -0.4 is 0 Å². The van der Waals surface area contributed by atoms with Crippen LogP contribution in [0, 0.1) is 19.7 Å². The largest absolute Gasteiger partial charge is 0.464 e. The second-order valence-electron chi connectivity index (χ2n) is 7.82. The van der Waals surface area contributed by atoms with Crippen LogP contribution in [0.15, 0.2) is 48.8 Å². The summed E-state index contributed by atoms with van der Waals surface area (Å²) in [6, 6.07) is 7.97. The second kappa shape index (κ2) is 9.77. The Kier molecular flexibility index (Phi) is 7.06. The van der Waals surface area contributed by atoms with Crippen LogP contribution in [0.1, 0.15) is 54.9 Å². The molecule has 0 bridgehead atoms. The number of nitrogens with zero attached hydrogens (tertiary/aromatic N) is 3. The topological polar surface area (TPSA) is 81.5 Å². The Labute approximate surface area is 191 Å². The van der Waals surface area contributed by atoms with Crippen molar-refractivity contribution >= 4 is 17.7 Å². The number of ketones is 1. The standard InChI is InChI=1S/C25H26FN3O4/c1-15-21(16(2)28(4)22(15)25(32)33-5)23(30)17(3)29(14-18-9-11-27-12-10-18)24(31)19-7-6-8-20(26)13-19/h6-13,17H,14H2,1-5H3. The Hall–Kier alpha value is -3.81. The fraction of sp³-hybridized carbons (Fsp3) is 0.280. The van der Waals surface area contributed by atoms with E-state index in [1.807, 2.05) is 0 Å². The smallest absolute Gasteiger partial charge is 0.354 e. The molecule has 0 radical (unpaired) electrons. The number of amides is 1. The average molecular weight is 451 g/mol.